The zero-order valence-corrected chi connectivity index (χ0v) is 39.0. The Morgan fingerprint density at radius 3 is 2.40 bits per heavy atom. The van der Waals surface area contributed by atoms with Crippen molar-refractivity contribution in [3.05, 3.63) is 117 Å². The molecule has 5 aromatic heterocycles. The number of ether oxygens (including phenoxy) is 2. The van der Waals surface area contributed by atoms with Crippen LogP contribution in [0.2, 0.25) is 10.0 Å². The lowest BCUT2D eigenvalue weighted by atomic mass is 9.98. The highest BCUT2D eigenvalue weighted by molar-refractivity contribution is 6.35. The van der Waals surface area contributed by atoms with E-state index in [2.05, 4.69) is 67.2 Å². The Kier molecular flexibility index (Phi) is 11.5. The highest BCUT2D eigenvalue weighted by Crippen LogP contribution is 2.46. The Labute approximate surface area is 387 Å². The number of fused-ring (bicyclic) bond motifs is 4. The summed E-state index contributed by atoms with van der Waals surface area (Å²) in [5.74, 6) is 1.67. The summed E-state index contributed by atoms with van der Waals surface area (Å²) in [6.45, 7) is 16.0. The van der Waals surface area contributed by atoms with Crippen LogP contribution in [0.25, 0.3) is 50.3 Å². The Morgan fingerprint density at radius 1 is 0.892 bits per heavy atom. The van der Waals surface area contributed by atoms with Gasteiger partial charge in [-0.15, -0.1) is 5.10 Å². The number of carbonyl (C=O) groups excluding carboxylic acids is 1. The van der Waals surface area contributed by atoms with Crippen LogP contribution in [-0.4, -0.2) is 100 Å². The summed E-state index contributed by atoms with van der Waals surface area (Å²) in [6, 6.07) is 15.9. The number of hydrogen-bond donors (Lipinski definition) is 0. The average Bonchev–Trinajstić information content (AvgIpc) is 4.08. The van der Waals surface area contributed by atoms with Crippen LogP contribution >= 0.6 is 23.2 Å². The normalized spacial score (nSPS) is 15.7. The number of morpholine rings is 1. The van der Waals surface area contributed by atoms with Gasteiger partial charge < -0.3 is 23.5 Å². The molecule has 14 nitrogen and oxygen atoms in total. The number of anilines is 1. The van der Waals surface area contributed by atoms with E-state index in [0.29, 0.717) is 48.5 Å². The lowest BCUT2D eigenvalue weighted by Crippen LogP contribution is -2.42. The molecule has 2 aliphatic heterocycles. The number of aryl methyl sites for hydroxylation is 5. The Balaban J connectivity index is 1.08. The number of halogens is 2. The molecule has 1 fully saturated rings. The van der Waals surface area contributed by atoms with Crippen LogP contribution in [0.1, 0.15) is 58.0 Å². The van der Waals surface area contributed by atoms with Crippen molar-refractivity contribution in [2.45, 2.75) is 60.0 Å². The number of amides is 1. The van der Waals surface area contributed by atoms with E-state index < -0.39 is 0 Å². The lowest BCUT2D eigenvalue weighted by molar-refractivity contribution is 0.0365. The SMILES string of the molecule is Cc1cc(OCCCc2c3n(c4c(-c5c(C)nn(C)c5C)c(Cl)ccc24)[C@H](C)CN(c2cn(CCN4CCOCC4)c4ccc(-c5ncn(-c6ncccn6)n5)cc24)C3=O)cc(C)c1Cl. The monoisotopic (exact) mass is 911 g/mol. The molecule has 0 radical (unpaired) electrons. The summed E-state index contributed by atoms with van der Waals surface area (Å²) in [5, 5.41) is 12.9. The summed E-state index contributed by atoms with van der Waals surface area (Å²) in [4.78, 5) is 33.5. The first-order chi connectivity index (χ1) is 31.5. The minimum Gasteiger partial charge on any atom is -0.494 e. The topological polar surface area (TPSA) is 126 Å². The molecule has 0 unspecified atom stereocenters. The average molecular weight is 913 g/mol. The van der Waals surface area contributed by atoms with E-state index >= 15 is 4.79 Å². The largest absolute Gasteiger partial charge is 0.494 e. The van der Waals surface area contributed by atoms with E-state index in [1.165, 1.54) is 0 Å². The molecule has 0 spiro atoms. The summed E-state index contributed by atoms with van der Waals surface area (Å²) in [6.07, 6.45) is 8.41. The summed E-state index contributed by atoms with van der Waals surface area (Å²) >= 11 is 13.7. The lowest BCUT2D eigenvalue weighted by Gasteiger charge is -2.34. The second kappa shape index (κ2) is 17.4. The van der Waals surface area contributed by atoms with Gasteiger partial charge in [0.2, 0.25) is 0 Å². The number of rotatable bonds is 12. The molecule has 65 heavy (non-hydrogen) atoms. The molecule has 2 aliphatic rings. The van der Waals surface area contributed by atoms with Gasteiger partial charge in [-0.2, -0.15) is 9.78 Å². The van der Waals surface area contributed by atoms with E-state index in [1.54, 1.807) is 29.5 Å². The minimum atomic E-state index is -0.122. The Hall–Kier alpha value is -6.06. The first-order valence-corrected chi connectivity index (χ1v) is 22.9. The van der Waals surface area contributed by atoms with Crippen LogP contribution in [0.4, 0.5) is 5.69 Å². The molecule has 1 saturated heterocycles. The van der Waals surface area contributed by atoms with Gasteiger partial charge in [0.05, 0.1) is 47.3 Å². The first-order valence-electron chi connectivity index (χ1n) is 22.2. The number of nitrogens with zero attached hydrogens (tertiary/aromatic N) is 11. The highest BCUT2D eigenvalue weighted by atomic mass is 35.5. The molecule has 1 amide bonds. The molecule has 0 bridgehead atoms. The van der Waals surface area contributed by atoms with Crippen LogP contribution in [0, 0.1) is 27.7 Å². The fraction of sp³-hybridized carbons (Fsp3) is 0.347. The van der Waals surface area contributed by atoms with E-state index in [-0.39, 0.29) is 11.9 Å². The smallest absolute Gasteiger partial charge is 0.275 e. The van der Waals surface area contributed by atoms with Gasteiger partial charge >= 0.3 is 0 Å². The fourth-order valence-electron chi connectivity index (χ4n) is 9.73. The van der Waals surface area contributed by atoms with E-state index in [0.717, 1.165) is 122 Å². The van der Waals surface area contributed by atoms with E-state index in [9.17, 15) is 0 Å². The van der Waals surface area contributed by atoms with Gasteiger partial charge in [-0.1, -0.05) is 29.3 Å². The predicted molar refractivity (Wildman–Crippen MR) is 255 cm³/mol. The second-order valence-electron chi connectivity index (χ2n) is 17.2. The van der Waals surface area contributed by atoms with Gasteiger partial charge in [-0.05, 0) is 107 Å². The summed E-state index contributed by atoms with van der Waals surface area (Å²) in [5.41, 5.74) is 11.0. The Bertz CT molecular complexity index is 3090. The summed E-state index contributed by atoms with van der Waals surface area (Å²) in [7, 11) is 1.95. The molecule has 7 heterocycles. The van der Waals surface area contributed by atoms with Gasteiger partial charge in [0, 0.05) is 103 Å². The third-order valence-corrected chi connectivity index (χ3v) is 13.9. The van der Waals surface area contributed by atoms with Crippen LogP contribution in [0.5, 0.6) is 5.75 Å². The van der Waals surface area contributed by atoms with Gasteiger partial charge in [-0.25, -0.2) is 15.0 Å². The van der Waals surface area contributed by atoms with Gasteiger partial charge in [-0.3, -0.25) is 14.4 Å². The first kappa shape index (κ1) is 42.9. The zero-order valence-electron chi connectivity index (χ0n) is 37.5. The number of hydrogen-bond acceptors (Lipinski definition) is 9. The van der Waals surface area contributed by atoms with Crippen LogP contribution in [-0.2, 0) is 24.8 Å². The molecule has 8 aromatic rings. The van der Waals surface area contributed by atoms with Crippen LogP contribution < -0.4 is 9.64 Å². The fourth-order valence-corrected chi connectivity index (χ4v) is 10.1. The van der Waals surface area contributed by atoms with Crippen molar-refractivity contribution in [1.82, 2.24) is 48.5 Å². The molecule has 10 rings (SSSR count). The maximum atomic E-state index is 15.7. The third kappa shape index (κ3) is 7.75. The van der Waals surface area contributed by atoms with E-state index in [1.807, 2.05) is 61.7 Å². The molecule has 0 saturated carbocycles. The van der Waals surface area contributed by atoms with Crippen molar-refractivity contribution in [1.29, 1.82) is 0 Å². The number of aromatic nitrogens is 9. The van der Waals surface area contributed by atoms with Crippen molar-refractivity contribution in [3.8, 4) is 34.2 Å². The predicted octanol–water partition coefficient (Wildman–Crippen LogP) is 9.14. The zero-order chi connectivity index (χ0) is 45.1. The van der Waals surface area contributed by atoms with E-state index in [4.69, 9.17) is 42.9 Å². The van der Waals surface area contributed by atoms with Crippen LogP contribution in [0.15, 0.2) is 73.4 Å². The molecular weight excluding hydrogens is 862 g/mol. The van der Waals surface area contributed by atoms with Crippen molar-refractivity contribution in [2.24, 2.45) is 7.05 Å². The quantitative estimate of drug-likeness (QED) is 0.110. The molecule has 0 N–H and O–H groups in total. The second-order valence-corrected chi connectivity index (χ2v) is 18.0. The van der Waals surface area contributed by atoms with Crippen molar-refractivity contribution >= 4 is 56.6 Å². The summed E-state index contributed by atoms with van der Waals surface area (Å²) < 4.78 is 20.0. The van der Waals surface area contributed by atoms with Gasteiger partial charge in [0.15, 0.2) is 5.82 Å². The highest BCUT2D eigenvalue weighted by Gasteiger charge is 2.38. The molecule has 3 aromatic carbocycles. The molecule has 334 valence electrons. The van der Waals surface area contributed by atoms with Crippen molar-refractivity contribution in [2.75, 3.05) is 50.9 Å². The van der Waals surface area contributed by atoms with Crippen LogP contribution in [0.3, 0.4) is 0 Å². The maximum Gasteiger partial charge on any atom is 0.275 e. The molecule has 1 atom stereocenters. The van der Waals surface area contributed by atoms with Crippen molar-refractivity contribution in [3.63, 3.8) is 0 Å². The number of carbonyl (C=O) groups is 1. The van der Waals surface area contributed by atoms with Crippen molar-refractivity contribution < 1.29 is 14.3 Å². The standard InChI is InChI=1S/C49H51Cl2N11O3/c1-29-23-35(24-30(2)44(29)51)65-20-7-9-36-37-11-12-39(50)43(42-32(4)55-57(6)33(42)5)45(37)62-31(3)26-60(48(63)46(36)62)41-27-59(17-16-58-18-21-64-22-19-58)40-13-10-34(25-38(40)41)47-54-28-61(56-47)49-52-14-8-15-53-49/h8,10-15,23-25,27-28,31H,7,9,16-22,26H2,1-6H3/t31-/m1/s1. The number of benzene rings is 3. The minimum absolute atomic E-state index is 0.0675. The maximum absolute atomic E-state index is 15.7. The molecule has 16 heteroatoms. The Morgan fingerprint density at radius 2 is 1.66 bits per heavy atom. The van der Waals surface area contributed by atoms with Gasteiger partial charge in [0.1, 0.15) is 17.8 Å². The van der Waals surface area contributed by atoms with Gasteiger partial charge in [0.25, 0.3) is 11.9 Å². The third-order valence-electron chi connectivity index (χ3n) is 13.0. The molecule has 0 aliphatic carbocycles. The molecular formula is C49H51Cl2N11O3.